The molecule has 1 saturated heterocycles. The average molecular weight is 359 g/mol. The number of anilines is 1. The molecular weight excluding hydrogens is 338 g/mol. The van der Waals surface area contributed by atoms with Crippen LogP contribution in [0.1, 0.15) is 19.3 Å². The molecule has 132 valence electrons. The SMILES string of the molecule is O=C(NC[C@H]1CCCCN1)C1=CN(c2ncnc3nc[nH]c23)CCS1. The van der Waals surface area contributed by atoms with E-state index in [0.717, 1.165) is 36.6 Å². The molecule has 4 rings (SSSR count). The van der Waals surface area contributed by atoms with Crippen LogP contribution >= 0.6 is 11.8 Å². The van der Waals surface area contributed by atoms with Crippen LogP contribution in [-0.4, -0.2) is 57.3 Å². The van der Waals surface area contributed by atoms with Gasteiger partial charge in [-0.3, -0.25) is 4.79 Å². The molecule has 0 saturated carbocycles. The summed E-state index contributed by atoms with van der Waals surface area (Å²) in [4.78, 5) is 31.0. The molecular formula is C16H21N7OS. The first-order chi connectivity index (χ1) is 12.3. The molecule has 2 aliphatic heterocycles. The Bertz CT molecular complexity index is 784. The third-order valence-corrected chi connectivity index (χ3v) is 5.47. The van der Waals surface area contributed by atoms with Crippen molar-refractivity contribution in [1.29, 1.82) is 0 Å². The van der Waals surface area contributed by atoms with Crippen molar-refractivity contribution in [3.05, 3.63) is 23.8 Å². The minimum Gasteiger partial charge on any atom is -0.350 e. The number of aromatic amines is 1. The average Bonchev–Trinajstić information content (AvgIpc) is 3.16. The molecule has 8 nitrogen and oxygen atoms in total. The first-order valence-corrected chi connectivity index (χ1v) is 9.57. The summed E-state index contributed by atoms with van der Waals surface area (Å²) in [6.45, 7) is 2.51. The van der Waals surface area contributed by atoms with E-state index in [0.29, 0.717) is 23.1 Å². The summed E-state index contributed by atoms with van der Waals surface area (Å²) < 4.78 is 0. The van der Waals surface area contributed by atoms with Crippen LogP contribution in [0.4, 0.5) is 5.82 Å². The number of nitrogens with one attached hydrogen (secondary N) is 3. The van der Waals surface area contributed by atoms with Gasteiger partial charge < -0.3 is 20.5 Å². The van der Waals surface area contributed by atoms with Crippen LogP contribution in [0.25, 0.3) is 11.2 Å². The van der Waals surface area contributed by atoms with Gasteiger partial charge in [-0.15, -0.1) is 11.8 Å². The Morgan fingerprint density at radius 1 is 1.36 bits per heavy atom. The third kappa shape index (κ3) is 3.62. The summed E-state index contributed by atoms with van der Waals surface area (Å²) in [6.07, 6.45) is 8.56. The number of H-pyrrole nitrogens is 1. The van der Waals surface area contributed by atoms with Crippen molar-refractivity contribution >= 4 is 34.7 Å². The Kier molecular flexibility index (Phi) is 4.84. The molecule has 0 radical (unpaired) electrons. The lowest BCUT2D eigenvalue weighted by Crippen LogP contribution is -2.44. The van der Waals surface area contributed by atoms with Gasteiger partial charge in [0.15, 0.2) is 11.5 Å². The smallest absolute Gasteiger partial charge is 0.259 e. The van der Waals surface area contributed by atoms with Gasteiger partial charge >= 0.3 is 0 Å². The molecule has 0 spiro atoms. The van der Waals surface area contributed by atoms with Crippen LogP contribution in [0.5, 0.6) is 0 Å². The van der Waals surface area contributed by atoms with E-state index in [1.165, 1.54) is 19.2 Å². The summed E-state index contributed by atoms with van der Waals surface area (Å²) in [5.74, 6) is 1.57. The van der Waals surface area contributed by atoms with Gasteiger partial charge in [0.2, 0.25) is 0 Å². The Morgan fingerprint density at radius 2 is 2.32 bits per heavy atom. The molecule has 2 aliphatic rings. The first kappa shape index (κ1) is 16.3. The maximum Gasteiger partial charge on any atom is 0.259 e. The number of imidazole rings is 1. The van der Waals surface area contributed by atoms with E-state index in [1.54, 1.807) is 18.1 Å². The number of piperidine rings is 1. The zero-order valence-electron chi connectivity index (χ0n) is 13.9. The largest absolute Gasteiger partial charge is 0.350 e. The fourth-order valence-corrected chi connectivity index (χ4v) is 4.07. The Hall–Kier alpha value is -2.13. The molecule has 1 fully saturated rings. The Labute approximate surface area is 149 Å². The second kappa shape index (κ2) is 7.40. The molecule has 3 N–H and O–H groups in total. The molecule has 0 aliphatic carbocycles. The topological polar surface area (TPSA) is 98.8 Å². The maximum atomic E-state index is 12.5. The lowest BCUT2D eigenvalue weighted by molar-refractivity contribution is -0.116. The van der Waals surface area contributed by atoms with Crippen molar-refractivity contribution in [2.24, 2.45) is 0 Å². The predicted octanol–water partition coefficient (Wildman–Crippen LogP) is 1.01. The van der Waals surface area contributed by atoms with Crippen LogP contribution < -0.4 is 15.5 Å². The highest BCUT2D eigenvalue weighted by Crippen LogP contribution is 2.27. The summed E-state index contributed by atoms with van der Waals surface area (Å²) >= 11 is 1.58. The summed E-state index contributed by atoms with van der Waals surface area (Å²) in [6, 6.07) is 0.384. The van der Waals surface area contributed by atoms with E-state index in [9.17, 15) is 4.79 Å². The number of aromatic nitrogens is 4. The van der Waals surface area contributed by atoms with Gasteiger partial charge in [-0.25, -0.2) is 15.0 Å². The van der Waals surface area contributed by atoms with Gasteiger partial charge in [0, 0.05) is 31.1 Å². The fourth-order valence-electron chi connectivity index (χ4n) is 3.16. The first-order valence-electron chi connectivity index (χ1n) is 8.58. The molecule has 2 aromatic rings. The number of thioether (sulfide) groups is 1. The van der Waals surface area contributed by atoms with E-state index in [-0.39, 0.29) is 5.91 Å². The number of fused-ring (bicyclic) bond motifs is 1. The number of carbonyl (C=O) groups excluding carboxylic acids is 1. The van der Waals surface area contributed by atoms with Gasteiger partial charge in [0.25, 0.3) is 5.91 Å². The van der Waals surface area contributed by atoms with Gasteiger partial charge in [-0.1, -0.05) is 6.42 Å². The van der Waals surface area contributed by atoms with Crippen LogP contribution in [-0.2, 0) is 4.79 Å². The van der Waals surface area contributed by atoms with Crippen LogP contribution in [0.2, 0.25) is 0 Å². The zero-order chi connectivity index (χ0) is 17.1. The van der Waals surface area contributed by atoms with Gasteiger partial charge in [-0.2, -0.15) is 0 Å². The van der Waals surface area contributed by atoms with E-state index in [4.69, 9.17) is 0 Å². The number of carbonyl (C=O) groups is 1. The minimum absolute atomic E-state index is 0.0167. The van der Waals surface area contributed by atoms with E-state index >= 15 is 0 Å². The number of rotatable bonds is 4. The fraction of sp³-hybridized carbons (Fsp3) is 0.500. The van der Waals surface area contributed by atoms with E-state index < -0.39 is 0 Å². The zero-order valence-corrected chi connectivity index (χ0v) is 14.7. The molecule has 9 heteroatoms. The van der Waals surface area contributed by atoms with Crippen molar-refractivity contribution in [2.75, 3.05) is 30.3 Å². The molecule has 0 aromatic carbocycles. The standard InChI is InChI=1S/C16H21N7OS/c24-16(18-7-11-3-1-2-4-17-11)12-8-23(5-6-25-12)15-13-14(20-9-19-13)21-10-22-15/h8-11,17H,1-7H2,(H,18,24)(H,19,20,21,22)/t11-/m1/s1. The number of hydrogen-bond acceptors (Lipinski definition) is 7. The van der Waals surface area contributed by atoms with Crippen molar-refractivity contribution in [3.63, 3.8) is 0 Å². The summed E-state index contributed by atoms with van der Waals surface area (Å²) in [5.41, 5.74) is 1.42. The molecule has 0 unspecified atom stereocenters. The Balaban J connectivity index is 1.46. The lowest BCUT2D eigenvalue weighted by atomic mass is 10.1. The van der Waals surface area contributed by atoms with Gasteiger partial charge in [0.1, 0.15) is 11.8 Å². The van der Waals surface area contributed by atoms with Crippen LogP contribution in [0.15, 0.2) is 23.8 Å². The monoisotopic (exact) mass is 359 g/mol. The number of nitrogens with zero attached hydrogens (tertiary/aromatic N) is 4. The van der Waals surface area contributed by atoms with Crippen molar-refractivity contribution < 1.29 is 4.79 Å². The second-order valence-electron chi connectivity index (χ2n) is 6.19. The highest BCUT2D eigenvalue weighted by atomic mass is 32.2. The normalized spacial score (nSPS) is 21.2. The molecule has 4 heterocycles. The minimum atomic E-state index is -0.0167. The maximum absolute atomic E-state index is 12.5. The van der Waals surface area contributed by atoms with Crippen LogP contribution in [0, 0.1) is 0 Å². The third-order valence-electron chi connectivity index (χ3n) is 4.48. The Morgan fingerprint density at radius 3 is 3.20 bits per heavy atom. The molecule has 1 atom stereocenters. The lowest BCUT2D eigenvalue weighted by Gasteiger charge is -2.26. The molecule has 25 heavy (non-hydrogen) atoms. The summed E-state index contributed by atoms with van der Waals surface area (Å²) in [7, 11) is 0. The number of hydrogen-bond donors (Lipinski definition) is 3. The molecule has 2 aromatic heterocycles. The van der Waals surface area contributed by atoms with Crippen molar-refractivity contribution in [3.8, 4) is 0 Å². The highest BCUT2D eigenvalue weighted by Gasteiger charge is 2.22. The summed E-state index contributed by atoms with van der Waals surface area (Å²) in [5, 5.41) is 6.51. The van der Waals surface area contributed by atoms with Crippen molar-refractivity contribution in [2.45, 2.75) is 25.3 Å². The van der Waals surface area contributed by atoms with Crippen LogP contribution in [0.3, 0.4) is 0 Å². The quantitative estimate of drug-likeness (QED) is 0.749. The molecule has 1 amide bonds. The van der Waals surface area contributed by atoms with Crippen molar-refractivity contribution in [1.82, 2.24) is 30.6 Å². The second-order valence-corrected chi connectivity index (χ2v) is 7.33. The van der Waals surface area contributed by atoms with E-state index in [2.05, 4.69) is 30.6 Å². The highest BCUT2D eigenvalue weighted by molar-refractivity contribution is 8.04. The molecule has 0 bridgehead atoms. The van der Waals surface area contributed by atoms with E-state index in [1.807, 2.05) is 11.1 Å². The van der Waals surface area contributed by atoms with Gasteiger partial charge in [0.05, 0.1) is 11.2 Å². The number of amides is 1. The van der Waals surface area contributed by atoms with Gasteiger partial charge in [-0.05, 0) is 19.4 Å². The predicted molar refractivity (Wildman–Crippen MR) is 98.2 cm³/mol.